The van der Waals surface area contributed by atoms with Gasteiger partial charge in [0.15, 0.2) is 0 Å². The Bertz CT molecular complexity index is 550. The van der Waals surface area contributed by atoms with Crippen LogP contribution in [-0.4, -0.2) is 60.7 Å². The second kappa shape index (κ2) is 8.70. The van der Waals surface area contributed by atoms with Crippen molar-refractivity contribution in [2.45, 2.75) is 18.4 Å². The van der Waals surface area contributed by atoms with Crippen molar-refractivity contribution in [1.29, 1.82) is 0 Å². The van der Waals surface area contributed by atoms with Gasteiger partial charge in [0, 0.05) is 56.0 Å². The Morgan fingerprint density at radius 3 is 2.62 bits per heavy atom. The van der Waals surface area contributed by atoms with E-state index in [1.165, 1.54) is 11.5 Å². The van der Waals surface area contributed by atoms with Crippen LogP contribution in [0.25, 0.3) is 6.08 Å². The van der Waals surface area contributed by atoms with Crippen molar-refractivity contribution < 1.29 is 9.53 Å². The van der Waals surface area contributed by atoms with Crippen LogP contribution in [0.3, 0.4) is 0 Å². The van der Waals surface area contributed by atoms with Gasteiger partial charge in [-0.25, -0.2) is 0 Å². The monoisotopic (exact) mass is 346 g/mol. The van der Waals surface area contributed by atoms with Crippen LogP contribution in [0, 0.1) is 0 Å². The fourth-order valence-corrected chi connectivity index (χ4v) is 4.34. The molecule has 1 amide bonds. The molecule has 2 aliphatic rings. The third kappa shape index (κ3) is 4.62. The average Bonchev–Trinajstić information content (AvgIpc) is 2.67. The zero-order valence-corrected chi connectivity index (χ0v) is 14.9. The van der Waals surface area contributed by atoms with Gasteiger partial charge in [0.2, 0.25) is 5.91 Å². The number of nitrogens with zero attached hydrogens (tertiary/aromatic N) is 1. The molecule has 0 radical (unpaired) electrons. The lowest BCUT2D eigenvalue weighted by Crippen LogP contribution is -2.60. The summed E-state index contributed by atoms with van der Waals surface area (Å²) >= 11 is 2.02. The van der Waals surface area contributed by atoms with E-state index >= 15 is 0 Å². The Morgan fingerprint density at radius 1 is 1.21 bits per heavy atom. The molecule has 0 atom stereocenters. The summed E-state index contributed by atoms with van der Waals surface area (Å²) in [5.41, 5.74) is 1.11. The number of carbonyl (C=O) groups is 1. The van der Waals surface area contributed by atoms with Crippen molar-refractivity contribution >= 4 is 23.7 Å². The van der Waals surface area contributed by atoms with Crippen LogP contribution in [0.4, 0.5) is 0 Å². The number of hydrogen-bond acceptors (Lipinski definition) is 4. The van der Waals surface area contributed by atoms with E-state index in [4.69, 9.17) is 4.74 Å². The van der Waals surface area contributed by atoms with Crippen molar-refractivity contribution in [2.75, 3.05) is 44.4 Å². The van der Waals surface area contributed by atoms with Crippen LogP contribution < -0.4 is 5.32 Å². The molecule has 2 fully saturated rings. The van der Waals surface area contributed by atoms with Gasteiger partial charge in [-0.2, -0.15) is 11.8 Å². The molecular weight excluding hydrogens is 320 g/mol. The Morgan fingerprint density at radius 2 is 1.92 bits per heavy atom. The van der Waals surface area contributed by atoms with Crippen molar-refractivity contribution in [3.63, 3.8) is 0 Å². The molecule has 1 aromatic rings. The highest BCUT2D eigenvalue weighted by Gasteiger charge is 2.39. The SMILES string of the molecule is O=C(/C=C/c1ccccc1)NCC1(N2CCSCC2)CCOCC1. The molecule has 24 heavy (non-hydrogen) atoms. The lowest BCUT2D eigenvalue weighted by molar-refractivity contribution is -0.117. The van der Waals surface area contributed by atoms with Crippen LogP contribution in [0.15, 0.2) is 36.4 Å². The van der Waals surface area contributed by atoms with Crippen LogP contribution in [0.5, 0.6) is 0 Å². The number of rotatable bonds is 5. The molecule has 2 aliphatic heterocycles. The van der Waals surface area contributed by atoms with E-state index < -0.39 is 0 Å². The predicted octanol–water partition coefficient (Wildman–Crippen LogP) is 2.41. The minimum Gasteiger partial charge on any atom is -0.381 e. The van der Waals surface area contributed by atoms with E-state index in [9.17, 15) is 4.79 Å². The maximum Gasteiger partial charge on any atom is 0.244 e. The van der Waals surface area contributed by atoms with Crippen molar-refractivity contribution in [3.05, 3.63) is 42.0 Å². The van der Waals surface area contributed by atoms with Crippen molar-refractivity contribution in [2.24, 2.45) is 0 Å². The van der Waals surface area contributed by atoms with E-state index in [1.54, 1.807) is 6.08 Å². The smallest absolute Gasteiger partial charge is 0.244 e. The number of thioether (sulfide) groups is 1. The Hall–Kier alpha value is -1.30. The highest BCUT2D eigenvalue weighted by Crippen LogP contribution is 2.29. The molecule has 130 valence electrons. The normalized spacial score (nSPS) is 21.7. The molecule has 0 bridgehead atoms. The first-order valence-electron chi connectivity index (χ1n) is 8.70. The molecule has 1 N–H and O–H groups in total. The summed E-state index contributed by atoms with van der Waals surface area (Å²) in [6.07, 6.45) is 5.50. The van der Waals surface area contributed by atoms with Crippen LogP contribution in [-0.2, 0) is 9.53 Å². The summed E-state index contributed by atoms with van der Waals surface area (Å²) in [6, 6.07) is 9.92. The highest BCUT2D eigenvalue weighted by atomic mass is 32.2. The number of ether oxygens (including phenoxy) is 1. The molecule has 4 nitrogen and oxygen atoms in total. The minimum atomic E-state index is -0.0175. The molecule has 5 heteroatoms. The van der Waals surface area contributed by atoms with Gasteiger partial charge >= 0.3 is 0 Å². The molecule has 1 aromatic carbocycles. The van der Waals surface area contributed by atoms with E-state index in [0.29, 0.717) is 6.54 Å². The van der Waals surface area contributed by atoms with Gasteiger partial charge in [0.05, 0.1) is 0 Å². The Balaban J connectivity index is 1.58. The van der Waals surface area contributed by atoms with Gasteiger partial charge in [0.25, 0.3) is 0 Å². The van der Waals surface area contributed by atoms with Gasteiger partial charge < -0.3 is 10.1 Å². The number of benzene rings is 1. The first kappa shape index (κ1) is 17.5. The van der Waals surface area contributed by atoms with Gasteiger partial charge in [-0.15, -0.1) is 0 Å². The minimum absolute atomic E-state index is 0.0175. The lowest BCUT2D eigenvalue weighted by Gasteiger charge is -2.47. The number of nitrogens with one attached hydrogen (secondary N) is 1. The molecule has 0 spiro atoms. The van der Waals surface area contributed by atoms with Gasteiger partial charge in [-0.05, 0) is 24.5 Å². The summed E-state index contributed by atoms with van der Waals surface area (Å²) in [4.78, 5) is 14.8. The molecular formula is C19H26N2O2S. The summed E-state index contributed by atoms with van der Waals surface area (Å²) in [5.74, 6) is 2.35. The third-order valence-electron chi connectivity index (χ3n) is 4.92. The fraction of sp³-hybridized carbons (Fsp3) is 0.526. The van der Waals surface area contributed by atoms with Crippen molar-refractivity contribution in [3.8, 4) is 0 Å². The van der Waals surface area contributed by atoms with Gasteiger partial charge in [-0.1, -0.05) is 30.3 Å². The second-order valence-corrected chi connectivity index (χ2v) is 7.62. The van der Waals surface area contributed by atoms with E-state index in [-0.39, 0.29) is 11.4 Å². The summed E-state index contributed by atoms with van der Waals surface area (Å²) in [7, 11) is 0. The quantitative estimate of drug-likeness (QED) is 0.832. The van der Waals surface area contributed by atoms with Gasteiger partial charge in [-0.3, -0.25) is 9.69 Å². The molecule has 2 saturated heterocycles. The number of hydrogen-bond donors (Lipinski definition) is 1. The first-order chi connectivity index (χ1) is 11.8. The number of amides is 1. The molecule has 2 heterocycles. The molecule has 0 aromatic heterocycles. The topological polar surface area (TPSA) is 41.6 Å². The molecule has 0 saturated carbocycles. The predicted molar refractivity (Wildman–Crippen MR) is 100 cm³/mol. The average molecular weight is 346 g/mol. The van der Waals surface area contributed by atoms with E-state index in [1.807, 2.05) is 48.2 Å². The molecule has 3 rings (SSSR count). The molecule has 0 unspecified atom stereocenters. The van der Waals surface area contributed by atoms with Crippen LogP contribution in [0.1, 0.15) is 18.4 Å². The summed E-state index contributed by atoms with van der Waals surface area (Å²) in [6.45, 7) is 4.51. The second-order valence-electron chi connectivity index (χ2n) is 6.40. The van der Waals surface area contributed by atoms with Crippen LogP contribution in [0.2, 0.25) is 0 Å². The maximum absolute atomic E-state index is 12.2. The lowest BCUT2D eigenvalue weighted by atomic mass is 9.87. The van der Waals surface area contributed by atoms with Crippen molar-refractivity contribution in [1.82, 2.24) is 10.2 Å². The molecule has 0 aliphatic carbocycles. The maximum atomic E-state index is 12.2. The van der Waals surface area contributed by atoms with Gasteiger partial charge in [0.1, 0.15) is 0 Å². The first-order valence-corrected chi connectivity index (χ1v) is 9.86. The standard InChI is InChI=1S/C19H26N2O2S/c22-18(7-6-17-4-2-1-3-5-17)20-16-19(8-12-23-13-9-19)21-10-14-24-15-11-21/h1-7H,8-16H2,(H,20,22)/b7-6+. The zero-order chi connectivity index (χ0) is 16.7. The van der Waals surface area contributed by atoms with E-state index in [0.717, 1.165) is 44.7 Å². The Labute approximate surface area is 148 Å². The number of carbonyl (C=O) groups excluding carboxylic acids is 1. The summed E-state index contributed by atoms with van der Waals surface area (Å²) < 4.78 is 5.57. The fourth-order valence-electron chi connectivity index (χ4n) is 3.44. The van der Waals surface area contributed by atoms with E-state index in [2.05, 4.69) is 10.2 Å². The Kier molecular flexibility index (Phi) is 6.35. The van der Waals surface area contributed by atoms with Crippen LogP contribution >= 0.6 is 11.8 Å². The third-order valence-corrected chi connectivity index (χ3v) is 5.87. The highest BCUT2D eigenvalue weighted by molar-refractivity contribution is 7.99. The largest absolute Gasteiger partial charge is 0.381 e. The zero-order valence-electron chi connectivity index (χ0n) is 14.1. The summed E-state index contributed by atoms with van der Waals surface area (Å²) in [5, 5.41) is 3.13.